The summed E-state index contributed by atoms with van der Waals surface area (Å²) in [4.78, 5) is 24.1. The maximum atomic E-state index is 12.4. The number of ether oxygens (including phenoxy) is 1. The molecule has 0 aromatic heterocycles. The molecule has 0 aliphatic rings. The van der Waals surface area contributed by atoms with Gasteiger partial charge in [0.15, 0.2) is 9.84 Å². The molecule has 6 nitrogen and oxygen atoms in total. The van der Waals surface area contributed by atoms with E-state index in [9.17, 15) is 18.0 Å². The van der Waals surface area contributed by atoms with Crippen LogP contribution in [0.2, 0.25) is 0 Å². The number of aryl methyl sites for hydroxylation is 2. The number of hydrogen-bond acceptors (Lipinski definition) is 5. The third-order valence-corrected chi connectivity index (χ3v) is 5.51. The number of rotatable bonds is 7. The summed E-state index contributed by atoms with van der Waals surface area (Å²) in [5.41, 5.74) is 3.35. The van der Waals surface area contributed by atoms with Gasteiger partial charge >= 0.3 is 5.97 Å². The first-order valence-corrected chi connectivity index (χ1v) is 10.8. The van der Waals surface area contributed by atoms with Crippen LogP contribution >= 0.6 is 0 Å². The van der Waals surface area contributed by atoms with Crippen LogP contribution in [0.5, 0.6) is 0 Å². The minimum absolute atomic E-state index is 0.269. The molecule has 0 heterocycles. The fourth-order valence-corrected chi connectivity index (χ4v) is 3.85. The molecule has 0 spiro atoms. The van der Waals surface area contributed by atoms with Gasteiger partial charge in [0.25, 0.3) is 0 Å². The molecule has 1 amide bonds. The minimum Gasteiger partial charge on any atom is -0.459 e. The molecular formula is C21H25NO5S. The zero-order chi connectivity index (χ0) is 20.9. The Kier molecular flexibility index (Phi) is 6.96. The smallest absolute Gasteiger partial charge is 0.338 e. The first kappa shape index (κ1) is 21.6. The van der Waals surface area contributed by atoms with Gasteiger partial charge in [-0.15, -0.1) is 0 Å². The molecule has 2 rings (SSSR count). The molecule has 150 valence electrons. The van der Waals surface area contributed by atoms with Crippen LogP contribution in [0.1, 0.15) is 40.9 Å². The van der Waals surface area contributed by atoms with Crippen molar-refractivity contribution in [3.63, 3.8) is 0 Å². The van der Waals surface area contributed by atoms with Gasteiger partial charge in [-0.1, -0.05) is 18.2 Å². The zero-order valence-electron chi connectivity index (χ0n) is 16.5. The lowest BCUT2D eigenvalue weighted by Crippen LogP contribution is -2.24. The Balaban J connectivity index is 2.04. The zero-order valence-corrected chi connectivity index (χ0v) is 17.3. The van der Waals surface area contributed by atoms with E-state index in [0.29, 0.717) is 11.3 Å². The van der Waals surface area contributed by atoms with E-state index in [1.54, 1.807) is 44.2 Å². The second-order valence-electron chi connectivity index (χ2n) is 7.03. The second kappa shape index (κ2) is 9.01. The largest absolute Gasteiger partial charge is 0.459 e. The summed E-state index contributed by atoms with van der Waals surface area (Å²) in [5, 5.41) is 2.61. The average Bonchev–Trinajstić information content (AvgIpc) is 2.56. The Hall–Kier alpha value is -2.67. The third kappa shape index (κ3) is 6.49. The lowest BCUT2D eigenvalue weighted by Gasteiger charge is -2.10. The number of carbonyl (C=O) groups excluding carboxylic acids is 2. The summed E-state index contributed by atoms with van der Waals surface area (Å²) in [6.45, 7) is 7.34. The summed E-state index contributed by atoms with van der Waals surface area (Å²) in [5.74, 6) is -2.09. The highest BCUT2D eigenvalue weighted by molar-refractivity contribution is 7.91. The van der Waals surface area contributed by atoms with E-state index >= 15 is 0 Å². The minimum atomic E-state index is -3.70. The van der Waals surface area contributed by atoms with Gasteiger partial charge < -0.3 is 10.1 Å². The molecule has 2 aromatic carbocycles. The first-order chi connectivity index (χ1) is 13.1. The van der Waals surface area contributed by atoms with Crippen molar-refractivity contribution in [2.75, 3.05) is 11.1 Å². The molecule has 0 radical (unpaired) electrons. The number of esters is 1. The van der Waals surface area contributed by atoms with Crippen LogP contribution in [0.3, 0.4) is 0 Å². The van der Waals surface area contributed by atoms with Gasteiger partial charge in [-0.2, -0.15) is 0 Å². The van der Waals surface area contributed by atoms with Crippen LogP contribution in [0.25, 0.3) is 0 Å². The predicted octanol–water partition coefficient (Wildman–Crippen LogP) is 3.42. The molecule has 28 heavy (non-hydrogen) atoms. The lowest BCUT2D eigenvalue weighted by atomic mass is 10.1. The molecular weight excluding hydrogens is 378 g/mol. The van der Waals surface area contributed by atoms with Crippen molar-refractivity contribution in [3.05, 3.63) is 64.7 Å². The van der Waals surface area contributed by atoms with Crippen LogP contribution in [-0.4, -0.2) is 32.2 Å². The number of carbonyl (C=O) groups is 2. The van der Waals surface area contributed by atoms with E-state index in [4.69, 9.17) is 4.74 Å². The summed E-state index contributed by atoms with van der Waals surface area (Å²) in [6.07, 6.45) is -0.269. The molecule has 0 saturated carbocycles. The van der Waals surface area contributed by atoms with E-state index in [0.717, 1.165) is 11.1 Å². The summed E-state index contributed by atoms with van der Waals surface area (Å²) >= 11 is 0. The molecule has 0 bridgehead atoms. The molecule has 0 saturated heterocycles. The van der Waals surface area contributed by atoms with Crippen LogP contribution in [-0.2, 0) is 25.1 Å². The van der Waals surface area contributed by atoms with E-state index < -0.39 is 27.5 Å². The van der Waals surface area contributed by atoms with Gasteiger partial charge in [0.2, 0.25) is 5.91 Å². The molecule has 0 atom stereocenters. The number of anilines is 1. The molecule has 0 aliphatic carbocycles. The lowest BCUT2D eigenvalue weighted by molar-refractivity contribution is -0.113. The molecule has 0 fully saturated rings. The molecule has 2 aromatic rings. The Labute approximate surface area is 165 Å². The maximum Gasteiger partial charge on any atom is 0.338 e. The van der Waals surface area contributed by atoms with E-state index in [2.05, 4.69) is 5.32 Å². The van der Waals surface area contributed by atoms with Crippen molar-refractivity contribution >= 4 is 27.4 Å². The van der Waals surface area contributed by atoms with Gasteiger partial charge in [-0.25, -0.2) is 13.2 Å². The molecule has 1 N–H and O–H groups in total. The Morgan fingerprint density at radius 3 is 2.39 bits per heavy atom. The van der Waals surface area contributed by atoms with Crippen molar-refractivity contribution in [1.29, 1.82) is 0 Å². The van der Waals surface area contributed by atoms with Crippen molar-refractivity contribution in [2.45, 2.75) is 39.6 Å². The Morgan fingerprint density at radius 2 is 1.75 bits per heavy atom. The van der Waals surface area contributed by atoms with Crippen LogP contribution in [0.4, 0.5) is 5.69 Å². The van der Waals surface area contributed by atoms with Crippen LogP contribution in [0, 0.1) is 13.8 Å². The number of hydrogen-bond donors (Lipinski definition) is 1. The van der Waals surface area contributed by atoms with E-state index in [1.165, 1.54) is 6.07 Å². The van der Waals surface area contributed by atoms with Crippen LogP contribution in [0.15, 0.2) is 42.5 Å². The standard InChI is InChI=1S/C21H25NO5S/c1-14(2)27-21(24)18-7-5-6-17(11-18)12-28(25,26)13-20(23)22-19-9-8-15(3)16(4)10-19/h5-11,14H,12-13H2,1-4H3,(H,22,23). The fourth-order valence-electron chi connectivity index (χ4n) is 2.59. The van der Waals surface area contributed by atoms with Crippen molar-refractivity contribution in [3.8, 4) is 0 Å². The normalized spacial score (nSPS) is 11.3. The Bertz CT molecular complexity index is 980. The van der Waals surface area contributed by atoms with Gasteiger partial charge in [0.05, 0.1) is 17.4 Å². The summed E-state index contributed by atoms with van der Waals surface area (Å²) in [6, 6.07) is 11.6. The highest BCUT2D eigenvalue weighted by Gasteiger charge is 2.19. The van der Waals surface area contributed by atoms with Crippen LogP contribution < -0.4 is 5.32 Å². The SMILES string of the molecule is Cc1ccc(NC(=O)CS(=O)(=O)Cc2cccc(C(=O)OC(C)C)c2)cc1C. The number of amides is 1. The monoisotopic (exact) mass is 403 g/mol. The molecule has 7 heteroatoms. The van der Waals surface area contributed by atoms with Gasteiger partial charge in [-0.3, -0.25) is 4.79 Å². The molecule has 0 unspecified atom stereocenters. The second-order valence-corrected chi connectivity index (χ2v) is 9.10. The number of nitrogens with one attached hydrogen (secondary N) is 1. The summed E-state index contributed by atoms with van der Waals surface area (Å²) in [7, 11) is -3.70. The van der Waals surface area contributed by atoms with E-state index in [-0.39, 0.29) is 17.4 Å². The van der Waals surface area contributed by atoms with Crippen molar-refractivity contribution in [2.24, 2.45) is 0 Å². The highest BCUT2D eigenvalue weighted by atomic mass is 32.2. The first-order valence-electron chi connectivity index (χ1n) is 8.93. The average molecular weight is 404 g/mol. The van der Waals surface area contributed by atoms with Gasteiger partial charge in [0.1, 0.15) is 5.75 Å². The predicted molar refractivity (Wildman–Crippen MR) is 109 cm³/mol. The molecule has 0 aliphatic heterocycles. The van der Waals surface area contributed by atoms with Gasteiger partial charge in [-0.05, 0) is 68.7 Å². The highest BCUT2D eigenvalue weighted by Crippen LogP contribution is 2.15. The fraction of sp³-hybridized carbons (Fsp3) is 0.333. The van der Waals surface area contributed by atoms with Crippen molar-refractivity contribution < 1.29 is 22.7 Å². The van der Waals surface area contributed by atoms with E-state index in [1.807, 2.05) is 19.9 Å². The third-order valence-electron chi connectivity index (χ3n) is 4.03. The van der Waals surface area contributed by atoms with Gasteiger partial charge in [0, 0.05) is 5.69 Å². The topological polar surface area (TPSA) is 89.5 Å². The maximum absolute atomic E-state index is 12.4. The van der Waals surface area contributed by atoms with Crippen molar-refractivity contribution in [1.82, 2.24) is 0 Å². The number of sulfone groups is 1. The Morgan fingerprint density at radius 1 is 1.04 bits per heavy atom. The quantitative estimate of drug-likeness (QED) is 0.716. The summed E-state index contributed by atoms with van der Waals surface area (Å²) < 4.78 is 29.9. The number of benzene rings is 2.